The highest BCUT2D eigenvalue weighted by molar-refractivity contribution is 7.07. The Morgan fingerprint density at radius 1 is 1.09 bits per heavy atom. The van der Waals surface area contributed by atoms with E-state index in [1.807, 2.05) is 68.4 Å². The third kappa shape index (κ3) is 4.91. The van der Waals surface area contributed by atoms with Gasteiger partial charge in [0.2, 0.25) is 0 Å². The number of carbonyl (C=O) groups is 2. The SMILES string of the molecule is COC(=O)C1(c2ccc(C#Cc3snc(C)c3NC(=O)OC(C)c3ccccc3)cc2)CC1. The molecule has 1 unspecified atom stereocenters. The van der Waals surface area contributed by atoms with Gasteiger partial charge >= 0.3 is 12.1 Å². The first-order chi connectivity index (χ1) is 15.9. The van der Waals surface area contributed by atoms with Gasteiger partial charge in [-0.25, -0.2) is 4.79 Å². The summed E-state index contributed by atoms with van der Waals surface area (Å²) in [6.07, 6.45) is 0.669. The third-order valence-electron chi connectivity index (χ3n) is 5.73. The first-order valence-electron chi connectivity index (χ1n) is 10.6. The van der Waals surface area contributed by atoms with Crippen LogP contribution in [0.2, 0.25) is 0 Å². The maximum absolute atomic E-state index is 12.4. The largest absolute Gasteiger partial charge is 0.468 e. The molecule has 1 fully saturated rings. The molecule has 0 spiro atoms. The van der Waals surface area contributed by atoms with Gasteiger partial charge in [-0.3, -0.25) is 10.1 Å². The molecule has 168 valence electrons. The van der Waals surface area contributed by atoms with Crippen molar-refractivity contribution in [2.75, 3.05) is 12.4 Å². The van der Waals surface area contributed by atoms with E-state index in [1.54, 1.807) is 0 Å². The van der Waals surface area contributed by atoms with E-state index in [-0.39, 0.29) is 12.1 Å². The third-order valence-corrected chi connectivity index (χ3v) is 6.58. The zero-order valence-corrected chi connectivity index (χ0v) is 19.5. The summed E-state index contributed by atoms with van der Waals surface area (Å²) in [5.41, 5.74) is 3.40. The first-order valence-corrected chi connectivity index (χ1v) is 11.4. The molecule has 0 aliphatic heterocycles. The van der Waals surface area contributed by atoms with E-state index in [0.29, 0.717) is 16.3 Å². The number of esters is 1. The van der Waals surface area contributed by atoms with Crippen molar-refractivity contribution >= 4 is 29.3 Å². The van der Waals surface area contributed by atoms with Crippen LogP contribution in [0.4, 0.5) is 10.5 Å². The second kappa shape index (κ2) is 9.47. The van der Waals surface area contributed by atoms with E-state index < -0.39 is 11.5 Å². The molecule has 1 saturated carbocycles. The van der Waals surface area contributed by atoms with E-state index in [1.165, 1.54) is 18.6 Å². The summed E-state index contributed by atoms with van der Waals surface area (Å²) >= 11 is 1.22. The molecule has 1 amide bonds. The van der Waals surface area contributed by atoms with Gasteiger partial charge in [0.15, 0.2) is 0 Å². The summed E-state index contributed by atoms with van der Waals surface area (Å²) in [6, 6.07) is 17.2. The van der Waals surface area contributed by atoms with Crippen LogP contribution in [-0.2, 0) is 19.7 Å². The Bertz CT molecular complexity index is 1220. The number of methoxy groups -OCH3 is 1. The van der Waals surface area contributed by atoms with Gasteiger partial charge < -0.3 is 9.47 Å². The fraction of sp³-hybridized carbons (Fsp3) is 0.269. The van der Waals surface area contributed by atoms with E-state index in [9.17, 15) is 9.59 Å². The van der Waals surface area contributed by atoms with Gasteiger partial charge in [0.25, 0.3) is 0 Å². The number of amides is 1. The number of nitrogens with zero attached hydrogens (tertiary/aromatic N) is 1. The minimum absolute atomic E-state index is 0.189. The normalized spacial score (nSPS) is 14.4. The van der Waals surface area contributed by atoms with Gasteiger partial charge in [-0.05, 0) is 67.4 Å². The van der Waals surface area contributed by atoms with E-state index in [4.69, 9.17) is 9.47 Å². The summed E-state index contributed by atoms with van der Waals surface area (Å²) in [6.45, 7) is 3.64. The zero-order chi connectivity index (χ0) is 23.4. The molecule has 2 aromatic carbocycles. The Morgan fingerprint density at radius 2 is 1.79 bits per heavy atom. The number of carbonyl (C=O) groups excluding carboxylic acids is 2. The standard InChI is InChI=1S/C26H24N2O4S/c1-17-23(27-25(30)32-18(2)20-7-5-4-6-8-20)22(33-28-17)14-11-19-9-12-21(13-10-19)26(15-16-26)24(29)31-3/h4-10,12-13,18H,15-16H2,1-3H3,(H,27,30). The van der Waals surface area contributed by atoms with Gasteiger partial charge in [0.1, 0.15) is 11.0 Å². The number of hydrogen-bond donors (Lipinski definition) is 1. The second-order valence-electron chi connectivity index (χ2n) is 7.96. The lowest BCUT2D eigenvalue weighted by Gasteiger charge is -2.14. The van der Waals surface area contributed by atoms with Crippen LogP contribution in [-0.4, -0.2) is 23.5 Å². The minimum atomic E-state index is -0.556. The zero-order valence-electron chi connectivity index (χ0n) is 18.7. The van der Waals surface area contributed by atoms with Crippen molar-refractivity contribution in [3.63, 3.8) is 0 Å². The average Bonchev–Trinajstić information content (AvgIpc) is 3.58. The molecule has 4 rings (SSSR count). The lowest BCUT2D eigenvalue weighted by Crippen LogP contribution is -2.21. The fourth-order valence-corrected chi connectivity index (χ4v) is 4.33. The van der Waals surface area contributed by atoms with Gasteiger partial charge in [0.05, 0.1) is 23.9 Å². The predicted molar refractivity (Wildman–Crippen MR) is 127 cm³/mol. The van der Waals surface area contributed by atoms with Gasteiger partial charge in [0, 0.05) is 5.56 Å². The van der Waals surface area contributed by atoms with Crippen molar-refractivity contribution < 1.29 is 19.1 Å². The smallest absolute Gasteiger partial charge is 0.412 e. The molecule has 1 aliphatic carbocycles. The van der Waals surface area contributed by atoms with Gasteiger partial charge in [-0.1, -0.05) is 48.4 Å². The predicted octanol–water partition coefficient (Wildman–Crippen LogP) is 5.37. The van der Waals surface area contributed by atoms with Crippen LogP contribution >= 0.6 is 11.5 Å². The Kier molecular flexibility index (Phi) is 6.47. The van der Waals surface area contributed by atoms with E-state index >= 15 is 0 Å². The maximum atomic E-state index is 12.4. The molecule has 0 radical (unpaired) electrons. The number of ether oxygens (including phenoxy) is 2. The van der Waals surface area contributed by atoms with E-state index in [0.717, 1.165) is 29.5 Å². The number of nitrogens with one attached hydrogen (secondary N) is 1. The highest BCUT2D eigenvalue weighted by atomic mass is 32.1. The van der Waals surface area contributed by atoms with Crippen molar-refractivity contribution in [1.29, 1.82) is 0 Å². The quantitative estimate of drug-likeness (QED) is 0.409. The van der Waals surface area contributed by atoms with Crippen molar-refractivity contribution in [3.8, 4) is 11.8 Å². The summed E-state index contributed by atoms with van der Waals surface area (Å²) in [7, 11) is 1.42. The number of anilines is 1. The summed E-state index contributed by atoms with van der Waals surface area (Å²) in [5.74, 6) is 6.01. The maximum Gasteiger partial charge on any atom is 0.412 e. The van der Waals surface area contributed by atoms with Crippen LogP contribution < -0.4 is 5.32 Å². The second-order valence-corrected chi connectivity index (χ2v) is 8.73. The molecule has 1 aromatic heterocycles. The Hall–Kier alpha value is -3.63. The molecule has 3 aromatic rings. The average molecular weight is 461 g/mol. The molecule has 0 saturated heterocycles. The molecular formula is C26H24N2O4S. The minimum Gasteiger partial charge on any atom is -0.468 e. The number of hydrogen-bond acceptors (Lipinski definition) is 6. The summed E-state index contributed by atoms with van der Waals surface area (Å²) in [5, 5.41) is 2.78. The summed E-state index contributed by atoms with van der Waals surface area (Å²) < 4.78 is 14.8. The van der Waals surface area contributed by atoms with Crippen molar-refractivity contribution in [2.24, 2.45) is 0 Å². The highest BCUT2D eigenvalue weighted by Crippen LogP contribution is 2.49. The van der Waals surface area contributed by atoms with Crippen molar-refractivity contribution in [3.05, 3.63) is 81.9 Å². The van der Waals surface area contributed by atoms with Crippen molar-refractivity contribution in [1.82, 2.24) is 4.37 Å². The molecule has 1 N–H and O–H groups in total. The van der Waals surface area contributed by atoms with Crippen LogP contribution in [0.15, 0.2) is 54.6 Å². The molecule has 1 aliphatic rings. The lowest BCUT2D eigenvalue weighted by molar-refractivity contribution is -0.143. The molecule has 1 heterocycles. The molecule has 6 nitrogen and oxygen atoms in total. The van der Waals surface area contributed by atoms with Crippen LogP contribution in [0.25, 0.3) is 0 Å². The Balaban J connectivity index is 1.45. The molecular weight excluding hydrogens is 436 g/mol. The highest BCUT2D eigenvalue weighted by Gasteiger charge is 2.52. The molecule has 33 heavy (non-hydrogen) atoms. The van der Waals surface area contributed by atoms with Gasteiger partial charge in [-0.2, -0.15) is 4.37 Å². The Labute approximate surface area is 197 Å². The number of benzene rings is 2. The fourth-order valence-electron chi connectivity index (χ4n) is 3.62. The topological polar surface area (TPSA) is 77.5 Å². The number of rotatable bonds is 5. The number of aromatic nitrogens is 1. The first kappa shape index (κ1) is 22.6. The van der Waals surface area contributed by atoms with Crippen LogP contribution in [0, 0.1) is 18.8 Å². The van der Waals surface area contributed by atoms with Crippen LogP contribution in [0.3, 0.4) is 0 Å². The van der Waals surface area contributed by atoms with Crippen LogP contribution in [0.5, 0.6) is 0 Å². The van der Waals surface area contributed by atoms with Crippen molar-refractivity contribution in [2.45, 2.75) is 38.2 Å². The summed E-state index contributed by atoms with van der Waals surface area (Å²) in [4.78, 5) is 25.2. The molecule has 1 atom stereocenters. The van der Waals surface area contributed by atoms with Gasteiger partial charge in [-0.15, -0.1) is 0 Å². The monoisotopic (exact) mass is 460 g/mol. The lowest BCUT2D eigenvalue weighted by atomic mass is 9.95. The number of aryl methyl sites for hydroxylation is 1. The molecule has 7 heteroatoms. The van der Waals surface area contributed by atoms with Crippen LogP contribution in [0.1, 0.15) is 53.1 Å². The van der Waals surface area contributed by atoms with E-state index in [2.05, 4.69) is 21.5 Å². The Morgan fingerprint density at radius 3 is 2.42 bits per heavy atom. The molecule has 0 bridgehead atoms.